The van der Waals surface area contributed by atoms with Gasteiger partial charge in [-0.15, -0.1) is 0 Å². The molecule has 0 aromatic rings. The average Bonchev–Trinajstić information content (AvgIpc) is 2.56. The molecular formula is C9H19N3O2. The second-order valence-corrected chi connectivity index (χ2v) is 3.72. The smallest absolute Gasteiger partial charge is 0.408 e. The number of nitrogens with one attached hydrogen (secondary N) is 2. The predicted octanol–water partition coefficient (Wildman–Crippen LogP) is -0.0163. The van der Waals surface area contributed by atoms with Crippen molar-refractivity contribution < 1.29 is 9.53 Å². The van der Waals surface area contributed by atoms with Crippen LogP contribution in [0.3, 0.4) is 0 Å². The van der Waals surface area contributed by atoms with Gasteiger partial charge in [-0.2, -0.15) is 0 Å². The highest BCUT2D eigenvalue weighted by Gasteiger charge is 2.17. The summed E-state index contributed by atoms with van der Waals surface area (Å²) < 4.78 is 5.11. The number of hydrogen-bond acceptors (Lipinski definition) is 4. The van der Waals surface area contributed by atoms with E-state index in [4.69, 9.17) is 4.74 Å². The van der Waals surface area contributed by atoms with Gasteiger partial charge in [0.1, 0.15) is 0 Å². The molecule has 1 atom stereocenters. The summed E-state index contributed by atoms with van der Waals surface area (Å²) in [7, 11) is 3.93. The molecule has 82 valence electrons. The molecule has 1 rings (SSSR count). The fourth-order valence-corrected chi connectivity index (χ4v) is 1.31. The number of amides is 1. The van der Waals surface area contributed by atoms with E-state index >= 15 is 0 Å². The summed E-state index contributed by atoms with van der Waals surface area (Å²) in [6, 6.07) is 0. The van der Waals surface area contributed by atoms with Gasteiger partial charge in [-0.05, 0) is 33.5 Å². The van der Waals surface area contributed by atoms with E-state index in [2.05, 4.69) is 10.6 Å². The molecule has 0 spiro atoms. The van der Waals surface area contributed by atoms with E-state index in [0.717, 1.165) is 25.9 Å². The highest BCUT2D eigenvalue weighted by molar-refractivity contribution is 5.67. The molecule has 14 heavy (non-hydrogen) atoms. The van der Waals surface area contributed by atoms with E-state index in [1.165, 1.54) is 0 Å². The molecule has 0 aromatic carbocycles. The second kappa shape index (κ2) is 5.82. The summed E-state index contributed by atoms with van der Waals surface area (Å²) >= 11 is 0. The largest absolute Gasteiger partial charge is 0.430 e. The normalized spacial score (nSPS) is 21.2. The van der Waals surface area contributed by atoms with Crippen LogP contribution in [0.15, 0.2) is 0 Å². The molecule has 1 heterocycles. The first-order valence-electron chi connectivity index (χ1n) is 5.01. The first-order chi connectivity index (χ1) is 6.68. The van der Waals surface area contributed by atoms with Crippen LogP contribution in [0.1, 0.15) is 12.8 Å². The minimum atomic E-state index is -0.328. The van der Waals surface area contributed by atoms with Gasteiger partial charge in [0.05, 0.1) is 0 Å². The number of ether oxygens (including phenoxy) is 1. The number of likely N-dealkylation sites (N-methyl/N-ethyl adjacent to an activating group) is 1. The maximum absolute atomic E-state index is 11.2. The van der Waals surface area contributed by atoms with Crippen molar-refractivity contribution >= 4 is 6.09 Å². The summed E-state index contributed by atoms with van der Waals surface area (Å²) in [5.41, 5.74) is 0. The third-order valence-electron chi connectivity index (χ3n) is 2.09. The SMILES string of the molecule is CN(C)CCNC(=O)OC1CCCN1. The summed E-state index contributed by atoms with van der Waals surface area (Å²) in [6.45, 7) is 2.39. The summed E-state index contributed by atoms with van der Waals surface area (Å²) in [5.74, 6) is 0. The van der Waals surface area contributed by atoms with E-state index in [-0.39, 0.29) is 12.3 Å². The molecule has 0 radical (unpaired) electrons. The van der Waals surface area contributed by atoms with Crippen LogP contribution in [-0.4, -0.2) is 51.0 Å². The molecule has 0 aromatic heterocycles. The number of carbonyl (C=O) groups excluding carboxylic acids is 1. The lowest BCUT2D eigenvalue weighted by Crippen LogP contribution is -2.36. The zero-order chi connectivity index (χ0) is 10.4. The van der Waals surface area contributed by atoms with Crippen LogP contribution < -0.4 is 10.6 Å². The van der Waals surface area contributed by atoms with Gasteiger partial charge in [-0.1, -0.05) is 0 Å². The molecule has 0 aliphatic carbocycles. The molecular weight excluding hydrogens is 182 g/mol. The first-order valence-corrected chi connectivity index (χ1v) is 5.01. The molecule has 0 saturated carbocycles. The molecule has 1 unspecified atom stereocenters. The Balaban J connectivity index is 2.03. The van der Waals surface area contributed by atoms with E-state index in [1.54, 1.807) is 0 Å². The van der Waals surface area contributed by atoms with Gasteiger partial charge in [-0.25, -0.2) is 4.79 Å². The predicted molar refractivity (Wildman–Crippen MR) is 54.1 cm³/mol. The summed E-state index contributed by atoms with van der Waals surface area (Å²) in [6.07, 6.45) is 1.58. The lowest BCUT2D eigenvalue weighted by atomic mass is 10.4. The highest BCUT2D eigenvalue weighted by atomic mass is 16.6. The van der Waals surface area contributed by atoms with Gasteiger partial charge in [0.2, 0.25) is 0 Å². The average molecular weight is 201 g/mol. The quantitative estimate of drug-likeness (QED) is 0.671. The third-order valence-corrected chi connectivity index (χ3v) is 2.09. The van der Waals surface area contributed by atoms with Crippen LogP contribution in [-0.2, 0) is 4.74 Å². The van der Waals surface area contributed by atoms with Gasteiger partial charge in [0.15, 0.2) is 6.23 Å². The first kappa shape index (κ1) is 11.3. The fourth-order valence-electron chi connectivity index (χ4n) is 1.31. The molecule has 1 fully saturated rings. The minimum absolute atomic E-state index is 0.0886. The van der Waals surface area contributed by atoms with Crippen molar-refractivity contribution in [3.63, 3.8) is 0 Å². The number of hydrogen-bond donors (Lipinski definition) is 2. The standard InChI is InChI=1S/C9H19N3O2/c1-12(2)7-6-11-9(13)14-8-4-3-5-10-8/h8,10H,3-7H2,1-2H3,(H,11,13). The van der Waals surface area contributed by atoms with Crippen LogP contribution >= 0.6 is 0 Å². The van der Waals surface area contributed by atoms with Crippen LogP contribution in [0, 0.1) is 0 Å². The van der Waals surface area contributed by atoms with Crippen molar-refractivity contribution in [2.75, 3.05) is 33.7 Å². The molecule has 1 amide bonds. The van der Waals surface area contributed by atoms with Crippen molar-refractivity contribution in [3.05, 3.63) is 0 Å². The van der Waals surface area contributed by atoms with Crippen LogP contribution in [0.5, 0.6) is 0 Å². The Bertz CT molecular complexity index is 179. The third kappa shape index (κ3) is 4.43. The number of rotatable bonds is 4. The van der Waals surface area contributed by atoms with Crippen molar-refractivity contribution in [3.8, 4) is 0 Å². The molecule has 5 nitrogen and oxygen atoms in total. The molecule has 1 saturated heterocycles. The summed E-state index contributed by atoms with van der Waals surface area (Å²) in [5, 5.41) is 5.79. The highest BCUT2D eigenvalue weighted by Crippen LogP contribution is 2.05. The zero-order valence-corrected chi connectivity index (χ0v) is 8.88. The topological polar surface area (TPSA) is 53.6 Å². The van der Waals surface area contributed by atoms with Crippen LogP contribution in [0.25, 0.3) is 0 Å². The van der Waals surface area contributed by atoms with Crippen molar-refractivity contribution in [1.29, 1.82) is 0 Å². The number of carbonyl (C=O) groups is 1. The van der Waals surface area contributed by atoms with Crippen molar-refractivity contribution in [2.24, 2.45) is 0 Å². The Morgan fingerprint density at radius 1 is 1.64 bits per heavy atom. The van der Waals surface area contributed by atoms with E-state index in [1.807, 2.05) is 19.0 Å². The van der Waals surface area contributed by atoms with E-state index in [0.29, 0.717) is 6.54 Å². The van der Waals surface area contributed by atoms with Crippen molar-refractivity contribution in [2.45, 2.75) is 19.1 Å². The number of alkyl carbamates (subject to hydrolysis) is 1. The van der Waals surface area contributed by atoms with Gasteiger partial charge in [-0.3, -0.25) is 5.32 Å². The van der Waals surface area contributed by atoms with Crippen LogP contribution in [0.4, 0.5) is 4.79 Å². The Morgan fingerprint density at radius 2 is 2.43 bits per heavy atom. The molecule has 5 heteroatoms. The zero-order valence-electron chi connectivity index (χ0n) is 8.88. The van der Waals surface area contributed by atoms with Crippen LogP contribution in [0.2, 0.25) is 0 Å². The lowest BCUT2D eigenvalue weighted by molar-refractivity contribution is 0.0892. The van der Waals surface area contributed by atoms with E-state index < -0.39 is 0 Å². The molecule has 1 aliphatic rings. The van der Waals surface area contributed by atoms with Gasteiger partial charge in [0.25, 0.3) is 0 Å². The Labute approximate surface area is 84.8 Å². The second-order valence-electron chi connectivity index (χ2n) is 3.72. The Morgan fingerprint density at radius 3 is 3.00 bits per heavy atom. The van der Waals surface area contributed by atoms with E-state index in [9.17, 15) is 4.79 Å². The number of nitrogens with zero attached hydrogens (tertiary/aromatic N) is 1. The molecule has 0 bridgehead atoms. The fraction of sp³-hybridized carbons (Fsp3) is 0.889. The maximum atomic E-state index is 11.2. The molecule has 2 N–H and O–H groups in total. The van der Waals surface area contributed by atoms with Crippen molar-refractivity contribution in [1.82, 2.24) is 15.5 Å². The molecule has 1 aliphatic heterocycles. The monoisotopic (exact) mass is 201 g/mol. The Hall–Kier alpha value is -0.810. The lowest BCUT2D eigenvalue weighted by Gasteiger charge is -2.14. The van der Waals surface area contributed by atoms with Gasteiger partial charge < -0.3 is 15.0 Å². The maximum Gasteiger partial charge on any atom is 0.408 e. The Kier molecular flexibility index (Phi) is 4.69. The van der Waals surface area contributed by atoms with Gasteiger partial charge >= 0.3 is 6.09 Å². The minimum Gasteiger partial charge on any atom is -0.430 e. The summed E-state index contributed by atoms with van der Waals surface area (Å²) in [4.78, 5) is 13.2. The van der Waals surface area contributed by atoms with Gasteiger partial charge in [0, 0.05) is 13.1 Å².